The van der Waals surface area contributed by atoms with Crippen LogP contribution in [0.25, 0.3) is 0 Å². The molecule has 2 aromatic heterocycles. The van der Waals surface area contributed by atoms with Crippen LogP contribution in [0.3, 0.4) is 0 Å². The molecule has 3 amide bonds. The summed E-state index contributed by atoms with van der Waals surface area (Å²) in [6, 6.07) is 9.79. The number of nitrogens with zero attached hydrogens (tertiary/aromatic N) is 4. The number of imide groups is 1. The number of anilines is 1. The molecule has 2 saturated heterocycles. The van der Waals surface area contributed by atoms with Gasteiger partial charge in [0.05, 0.1) is 28.8 Å². The number of hydrogen-bond donors (Lipinski definition) is 0. The maximum absolute atomic E-state index is 14.0. The number of fused-ring (bicyclic) bond motifs is 2. The first-order valence-electron chi connectivity index (χ1n) is 13.6. The van der Waals surface area contributed by atoms with Gasteiger partial charge in [0.2, 0.25) is 17.7 Å². The molecule has 0 bridgehead atoms. The number of carbonyl (C=O) groups is 4. The van der Waals surface area contributed by atoms with E-state index in [1.807, 2.05) is 6.07 Å². The van der Waals surface area contributed by atoms with Crippen LogP contribution in [-0.4, -0.2) is 63.1 Å². The standard InChI is InChI=1S/C29H28N4O6S2/c1-2-39-28(37)17-8-10-19(11-9-17)33-25(35)22-21(18-7-6-12-30-15-18)24-27(40-23(22)26(33)36)32(29(38)41-24)16-20(34)31-13-4-3-5-14-31/h6-12,15,21-23H,2-5,13-14,16H2,1H3. The minimum Gasteiger partial charge on any atom is -0.462 e. The van der Waals surface area contributed by atoms with Crippen LogP contribution in [0.1, 0.15) is 52.9 Å². The minimum absolute atomic E-state index is 0.101. The number of amides is 3. The lowest BCUT2D eigenvalue weighted by Crippen LogP contribution is -2.39. The van der Waals surface area contributed by atoms with E-state index in [1.165, 1.54) is 33.4 Å². The van der Waals surface area contributed by atoms with E-state index in [0.717, 1.165) is 36.2 Å². The number of piperidine rings is 1. The molecule has 6 rings (SSSR count). The Balaban J connectivity index is 1.37. The predicted molar refractivity (Wildman–Crippen MR) is 153 cm³/mol. The van der Waals surface area contributed by atoms with Gasteiger partial charge in [0.25, 0.3) is 0 Å². The number of esters is 1. The average molecular weight is 593 g/mol. The Labute approximate surface area is 244 Å². The average Bonchev–Trinajstić information content (AvgIpc) is 3.44. The Hall–Kier alpha value is -3.77. The second-order valence-electron chi connectivity index (χ2n) is 10.2. The molecular weight excluding hydrogens is 564 g/mol. The summed E-state index contributed by atoms with van der Waals surface area (Å²) in [5.41, 5.74) is 1.40. The number of ether oxygens (including phenoxy) is 1. The maximum Gasteiger partial charge on any atom is 0.338 e. The van der Waals surface area contributed by atoms with Crippen molar-refractivity contribution in [2.24, 2.45) is 5.92 Å². The first kappa shape index (κ1) is 27.4. The maximum atomic E-state index is 14.0. The number of likely N-dealkylation sites (tertiary alicyclic amines) is 1. The van der Waals surface area contributed by atoms with Gasteiger partial charge < -0.3 is 9.64 Å². The molecule has 41 heavy (non-hydrogen) atoms. The third-order valence-electron chi connectivity index (χ3n) is 7.73. The molecule has 3 atom stereocenters. The summed E-state index contributed by atoms with van der Waals surface area (Å²) < 4.78 is 6.51. The fourth-order valence-electron chi connectivity index (χ4n) is 5.77. The van der Waals surface area contributed by atoms with Gasteiger partial charge in [0.15, 0.2) is 0 Å². The SMILES string of the molecule is CCOC(=O)c1ccc(N2C(=O)C3Sc4c(sc(=O)n4CC(=O)N4CCCCC4)C(c4cccnc4)C3C2=O)cc1. The van der Waals surface area contributed by atoms with Gasteiger partial charge in [-0.15, -0.1) is 0 Å². The molecule has 212 valence electrons. The summed E-state index contributed by atoms with van der Waals surface area (Å²) in [6.07, 6.45) is 6.25. The zero-order valence-corrected chi connectivity index (χ0v) is 24.0. The summed E-state index contributed by atoms with van der Waals surface area (Å²) in [5, 5.41) is -0.239. The van der Waals surface area contributed by atoms with E-state index in [1.54, 1.807) is 42.4 Å². The molecule has 3 aliphatic rings. The van der Waals surface area contributed by atoms with E-state index in [4.69, 9.17) is 4.74 Å². The highest BCUT2D eigenvalue weighted by molar-refractivity contribution is 8.00. The number of hydrogen-bond acceptors (Lipinski definition) is 9. The number of carbonyl (C=O) groups excluding carboxylic acids is 4. The van der Waals surface area contributed by atoms with Crippen molar-refractivity contribution in [3.63, 3.8) is 0 Å². The van der Waals surface area contributed by atoms with Crippen LogP contribution in [-0.2, 0) is 25.7 Å². The molecular formula is C29H28N4O6S2. The summed E-state index contributed by atoms with van der Waals surface area (Å²) in [7, 11) is 0. The fourth-order valence-corrected chi connectivity index (χ4v) is 8.54. The van der Waals surface area contributed by atoms with Crippen LogP contribution in [0.15, 0.2) is 58.6 Å². The predicted octanol–water partition coefficient (Wildman–Crippen LogP) is 3.29. The fraction of sp³-hybridized carbons (Fsp3) is 0.379. The lowest BCUT2D eigenvalue weighted by Gasteiger charge is -2.31. The van der Waals surface area contributed by atoms with E-state index in [2.05, 4.69) is 4.98 Å². The van der Waals surface area contributed by atoms with E-state index < -0.39 is 29.0 Å². The lowest BCUT2D eigenvalue weighted by molar-refractivity contribution is -0.133. The Morgan fingerprint density at radius 3 is 2.46 bits per heavy atom. The van der Waals surface area contributed by atoms with Gasteiger partial charge in [-0.1, -0.05) is 29.2 Å². The van der Waals surface area contributed by atoms with Crippen molar-refractivity contribution in [1.29, 1.82) is 0 Å². The molecule has 3 aliphatic heterocycles. The number of thioether (sulfide) groups is 1. The molecule has 0 radical (unpaired) electrons. The molecule has 3 aromatic rings. The van der Waals surface area contributed by atoms with Crippen molar-refractivity contribution < 1.29 is 23.9 Å². The van der Waals surface area contributed by atoms with Crippen molar-refractivity contribution in [1.82, 2.24) is 14.5 Å². The molecule has 0 saturated carbocycles. The number of benzene rings is 1. The zero-order chi connectivity index (χ0) is 28.7. The second kappa shape index (κ2) is 11.2. The van der Waals surface area contributed by atoms with Gasteiger partial charge in [-0.2, -0.15) is 0 Å². The highest BCUT2D eigenvalue weighted by atomic mass is 32.2. The molecule has 0 aliphatic carbocycles. The largest absolute Gasteiger partial charge is 0.462 e. The normalized spacial score (nSPS) is 21.9. The van der Waals surface area contributed by atoms with Crippen molar-refractivity contribution >= 4 is 52.5 Å². The molecule has 5 heterocycles. The van der Waals surface area contributed by atoms with Crippen molar-refractivity contribution in [3.8, 4) is 0 Å². The smallest absolute Gasteiger partial charge is 0.338 e. The van der Waals surface area contributed by atoms with Gasteiger partial charge >= 0.3 is 10.8 Å². The van der Waals surface area contributed by atoms with E-state index in [9.17, 15) is 24.0 Å². The van der Waals surface area contributed by atoms with Crippen molar-refractivity contribution in [3.05, 3.63) is 74.5 Å². The Kier molecular flexibility index (Phi) is 7.52. The minimum atomic E-state index is -0.796. The number of thiazole rings is 1. The van der Waals surface area contributed by atoms with Crippen molar-refractivity contribution in [2.45, 2.75) is 48.9 Å². The summed E-state index contributed by atoms with van der Waals surface area (Å²) in [6.45, 7) is 3.20. The van der Waals surface area contributed by atoms with Gasteiger partial charge in [-0.25, -0.2) is 9.69 Å². The van der Waals surface area contributed by atoms with Gasteiger partial charge in [-0.3, -0.25) is 28.7 Å². The lowest BCUT2D eigenvalue weighted by atomic mass is 9.84. The van der Waals surface area contributed by atoms with Gasteiger partial charge in [-0.05, 0) is 62.1 Å². The summed E-state index contributed by atoms with van der Waals surface area (Å²) >= 11 is 2.21. The molecule has 2 fully saturated rings. The molecule has 0 spiro atoms. The van der Waals surface area contributed by atoms with Crippen molar-refractivity contribution in [2.75, 3.05) is 24.6 Å². The third-order valence-corrected chi connectivity index (χ3v) is 10.3. The van der Waals surface area contributed by atoms with E-state index in [0.29, 0.717) is 34.2 Å². The van der Waals surface area contributed by atoms with Crippen LogP contribution in [0.5, 0.6) is 0 Å². The van der Waals surface area contributed by atoms with Crippen LogP contribution in [0.2, 0.25) is 0 Å². The highest BCUT2D eigenvalue weighted by Gasteiger charge is 2.57. The highest BCUT2D eigenvalue weighted by Crippen LogP contribution is 2.53. The van der Waals surface area contributed by atoms with Crippen LogP contribution in [0, 0.1) is 5.92 Å². The topological polar surface area (TPSA) is 119 Å². The van der Waals surface area contributed by atoms with E-state index >= 15 is 0 Å². The third kappa shape index (κ3) is 4.88. The molecule has 1 aromatic carbocycles. The van der Waals surface area contributed by atoms with E-state index in [-0.39, 0.29) is 29.8 Å². The molecule has 0 N–H and O–H groups in total. The van der Waals surface area contributed by atoms with Crippen LogP contribution >= 0.6 is 23.1 Å². The molecule has 3 unspecified atom stereocenters. The summed E-state index contributed by atoms with van der Waals surface area (Å²) in [4.78, 5) is 74.0. The van der Waals surface area contributed by atoms with Crippen LogP contribution < -0.4 is 9.77 Å². The Morgan fingerprint density at radius 2 is 1.78 bits per heavy atom. The van der Waals surface area contributed by atoms with Gasteiger partial charge in [0, 0.05) is 36.3 Å². The second-order valence-corrected chi connectivity index (χ2v) is 12.3. The zero-order valence-electron chi connectivity index (χ0n) is 22.4. The first-order valence-corrected chi connectivity index (χ1v) is 15.3. The Morgan fingerprint density at radius 1 is 1.02 bits per heavy atom. The monoisotopic (exact) mass is 592 g/mol. The first-order chi connectivity index (χ1) is 19.9. The van der Waals surface area contributed by atoms with Gasteiger partial charge in [0.1, 0.15) is 11.8 Å². The summed E-state index contributed by atoms with van der Waals surface area (Å²) in [5.74, 6) is -2.73. The number of rotatable bonds is 6. The Bertz CT molecular complexity index is 1560. The quantitative estimate of drug-likeness (QED) is 0.316. The number of aromatic nitrogens is 2. The number of pyridine rings is 1. The molecule has 12 heteroatoms. The molecule has 10 nitrogen and oxygen atoms in total. The van der Waals surface area contributed by atoms with Crippen LogP contribution in [0.4, 0.5) is 5.69 Å².